The number of ketones is 1. The molecule has 0 N–H and O–H groups in total. The summed E-state index contributed by atoms with van der Waals surface area (Å²) in [6.07, 6.45) is 4.36. The van der Waals surface area contributed by atoms with Gasteiger partial charge in [-0.1, -0.05) is 0 Å². The van der Waals surface area contributed by atoms with Crippen LogP contribution in [0.25, 0.3) is 0 Å². The van der Waals surface area contributed by atoms with E-state index in [0.717, 1.165) is 32.2 Å². The van der Waals surface area contributed by atoms with E-state index in [1.54, 1.807) is 0 Å². The van der Waals surface area contributed by atoms with Gasteiger partial charge in [-0.15, -0.1) is 0 Å². The number of rotatable bonds is 3. The van der Waals surface area contributed by atoms with Crippen molar-refractivity contribution in [3.8, 4) is 0 Å². The summed E-state index contributed by atoms with van der Waals surface area (Å²) in [7, 11) is 0. The molecule has 0 bridgehead atoms. The van der Waals surface area contributed by atoms with Gasteiger partial charge in [-0.25, -0.2) is 0 Å². The van der Waals surface area contributed by atoms with E-state index in [-0.39, 0.29) is 5.91 Å². The SMILES string of the molecule is O=C1CCN(C(=O)CCN2CCN3CCCC3C2)CC1. The Morgan fingerprint density at radius 2 is 1.90 bits per heavy atom. The van der Waals surface area contributed by atoms with Crippen LogP contribution in [-0.4, -0.2) is 78.2 Å². The Morgan fingerprint density at radius 1 is 1.10 bits per heavy atom. The summed E-state index contributed by atoms with van der Waals surface area (Å²) >= 11 is 0. The third kappa shape index (κ3) is 3.20. The van der Waals surface area contributed by atoms with Crippen molar-refractivity contribution >= 4 is 11.7 Å². The number of amides is 1. The quantitative estimate of drug-likeness (QED) is 0.748. The Kier molecular flexibility index (Phi) is 4.36. The average molecular weight is 279 g/mol. The van der Waals surface area contributed by atoms with Crippen molar-refractivity contribution in [3.05, 3.63) is 0 Å². The molecule has 3 heterocycles. The highest BCUT2D eigenvalue weighted by molar-refractivity contribution is 5.83. The van der Waals surface area contributed by atoms with Crippen molar-refractivity contribution in [1.82, 2.24) is 14.7 Å². The minimum Gasteiger partial charge on any atom is -0.342 e. The molecule has 0 aromatic carbocycles. The summed E-state index contributed by atoms with van der Waals surface area (Å²) in [4.78, 5) is 30.2. The van der Waals surface area contributed by atoms with Gasteiger partial charge < -0.3 is 4.90 Å². The van der Waals surface area contributed by atoms with Crippen molar-refractivity contribution in [2.45, 2.75) is 38.1 Å². The van der Waals surface area contributed by atoms with Gasteiger partial charge in [0, 0.05) is 64.6 Å². The highest BCUT2D eigenvalue weighted by Gasteiger charge is 2.30. The molecule has 3 rings (SSSR count). The largest absolute Gasteiger partial charge is 0.342 e. The molecule has 0 radical (unpaired) electrons. The van der Waals surface area contributed by atoms with Crippen LogP contribution >= 0.6 is 0 Å². The number of likely N-dealkylation sites (tertiary alicyclic amines) is 1. The van der Waals surface area contributed by atoms with Crippen molar-refractivity contribution in [2.75, 3.05) is 45.8 Å². The summed E-state index contributed by atoms with van der Waals surface area (Å²) in [5.74, 6) is 0.526. The van der Waals surface area contributed by atoms with E-state index in [1.165, 1.54) is 19.4 Å². The number of piperazine rings is 1. The van der Waals surface area contributed by atoms with Crippen LogP contribution in [0.1, 0.15) is 32.1 Å². The highest BCUT2D eigenvalue weighted by Crippen LogP contribution is 2.21. The molecule has 20 heavy (non-hydrogen) atoms. The van der Waals surface area contributed by atoms with Gasteiger partial charge in [0.05, 0.1) is 0 Å². The number of carbonyl (C=O) groups is 2. The van der Waals surface area contributed by atoms with E-state index in [0.29, 0.717) is 38.1 Å². The van der Waals surface area contributed by atoms with E-state index in [1.807, 2.05) is 4.90 Å². The Labute approximate surface area is 120 Å². The molecule has 1 atom stereocenters. The maximum atomic E-state index is 12.2. The summed E-state index contributed by atoms with van der Waals surface area (Å²) in [6.45, 7) is 6.81. The summed E-state index contributed by atoms with van der Waals surface area (Å²) in [5.41, 5.74) is 0. The van der Waals surface area contributed by atoms with Crippen LogP contribution in [0.4, 0.5) is 0 Å². The number of Topliss-reactive ketones (excluding diaryl/α,β-unsaturated/α-hetero) is 1. The lowest BCUT2D eigenvalue weighted by molar-refractivity contribution is -0.134. The van der Waals surface area contributed by atoms with E-state index < -0.39 is 0 Å². The van der Waals surface area contributed by atoms with Gasteiger partial charge in [-0.05, 0) is 19.4 Å². The van der Waals surface area contributed by atoms with Gasteiger partial charge in [0.25, 0.3) is 0 Å². The monoisotopic (exact) mass is 279 g/mol. The molecule has 1 unspecified atom stereocenters. The lowest BCUT2D eigenvalue weighted by atomic mass is 10.1. The molecule has 3 aliphatic rings. The van der Waals surface area contributed by atoms with Crippen LogP contribution in [0.3, 0.4) is 0 Å². The van der Waals surface area contributed by atoms with Crippen molar-refractivity contribution in [2.24, 2.45) is 0 Å². The summed E-state index contributed by atoms with van der Waals surface area (Å²) in [6, 6.07) is 0.728. The maximum Gasteiger partial charge on any atom is 0.223 e. The average Bonchev–Trinajstić information content (AvgIpc) is 2.93. The predicted molar refractivity (Wildman–Crippen MR) is 76.5 cm³/mol. The molecule has 5 heteroatoms. The first-order chi connectivity index (χ1) is 9.72. The fraction of sp³-hybridized carbons (Fsp3) is 0.867. The lowest BCUT2D eigenvalue weighted by Crippen LogP contribution is -2.50. The Hall–Kier alpha value is -0.940. The maximum absolute atomic E-state index is 12.2. The number of fused-ring (bicyclic) bond motifs is 1. The highest BCUT2D eigenvalue weighted by atomic mass is 16.2. The molecule has 0 aromatic rings. The zero-order valence-corrected chi connectivity index (χ0v) is 12.2. The van der Waals surface area contributed by atoms with Crippen LogP contribution in [0.5, 0.6) is 0 Å². The second kappa shape index (κ2) is 6.22. The molecule has 3 aliphatic heterocycles. The van der Waals surface area contributed by atoms with E-state index in [2.05, 4.69) is 9.80 Å². The van der Waals surface area contributed by atoms with Gasteiger partial charge >= 0.3 is 0 Å². The van der Waals surface area contributed by atoms with Crippen LogP contribution < -0.4 is 0 Å². The summed E-state index contributed by atoms with van der Waals surface area (Å²) < 4.78 is 0. The number of nitrogens with zero attached hydrogens (tertiary/aromatic N) is 3. The Balaban J connectivity index is 1.40. The van der Waals surface area contributed by atoms with Crippen molar-refractivity contribution in [1.29, 1.82) is 0 Å². The molecule has 0 spiro atoms. The Morgan fingerprint density at radius 3 is 2.70 bits per heavy atom. The number of carbonyl (C=O) groups excluding carboxylic acids is 2. The van der Waals surface area contributed by atoms with Crippen molar-refractivity contribution in [3.63, 3.8) is 0 Å². The topological polar surface area (TPSA) is 43.9 Å². The normalized spacial score (nSPS) is 28.7. The number of hydrogen-bond donors (Lipinski definition) is 0. The molecule has 112 valence electrons. The van der Waals surface area contributed by atoms with Crippen LogP contribution in [0.2, 0.25) is 0 Å². The number of piperidine rings is 1. The molecule has 3 saturated heterocycles. The smallest absolute Gasteiger partial charge is 0.223 e. The first-order valence-electron chi connectivity index (χ1n) is 7.98. The van der Waals surface area contributed by atoms with E-state index >= 15 is 0 Å². The third-order valence-electron chi connectivity index (χ3n) is 4.99. The molecule has 5 nitrogen and oxygen atoms in total. The second-order valence-corrected chi connectivity index (χ2v) is 6.30. The van der Waals surface area contributed by atoms with Crippen LogP contribution in [-0.2, 0) is 9.59 Å². The molecule has 3 fully saturated rings. The predicted octanol–water partition coefficient (Wildman–Crippen LogP) is 0.348. The molecule has 0 aromatic heterocycles. The second-order valence-electron chi connectivity index (χ2n) is 6.30. The first kappa shape index (κ1) is 14.0. The standard InChI is InChI=1S/C15H25N3O2/c19-14-3-8-18(9-4-14)15(20)5-7-16-10-11-17-6-1-2-13(17)12-16/h13H,1-12H2. The van der Waals surface area contributed by atoms with Gasteiger partial charge in [0.1, 0.15) is 5.78 Å². The zero-order valence-electron chi connectivity index (χ0n) is 12.2. The fourth-order valence-electron chi connectivity index (χ4n) is 3.68. The van der Waals surface area contributed by atoms with Crippen molar-refractivity contribution < 1.29 is 9.59 Å². The van der Waals surface area contributed by atoms with Crippen LogP contribution in [0.15, 0.2) is 0 Å². The van der Waals surface area contributed by atoms with Crippen LogP contribution in [0, 0.1) is 0 Å². The Bertz CT molecular complexity index is 375. The molecule has 0 aliphatic carbocycles. The zero-order chi connectivity index (χ0) is 13.9. The van der Waals surface area contributed by atoms with Gasteiger partial charge in [-0.2, -0.15) is 0 Å². The third-order valence-corrected chi connectivity index (χ3v) is 4.99. The van der Waals surface area contributed by atoms with Gasteiger partial charge in [-0.3, -0.25) is 19.4 Å². The number of hydrogen-bond acceptors (Lipinski definition) is 4. The molecule has 0 saturated carbocycles. The molecule has 1 amide bonds. The molecular formula is C15H25N3O2. The van der Waals surface area contributed by atoms with E-state index in [4.69, 9.17) is 0 Å². The van der Waals surface area contributed by atoms with Gasteiger partial charge in [0.15, 0.2) is 0 Å². The lowest BCUT2D eigenvalue weighted by Gasteiger charge is -2.37. The fourth-order valence-corrected chi connectivity index (χ4v) is 3.68. The minimum atomic E-state index is 0.228. The molecular weight excluding hydrogens is 254 g/mol. The summed E-state index contributed by atoms with van der Waals surface area (Å²) in [5, 5.41) is 0. The van der Waals surface area contributed by atoms with E-state index in [9.17, 15) is 9.59 Å². The first-order valence-corrected chi connectivity index (χ1v) is 7.98. The van der Waals surface area contributed by atoms with Gasteiger partial charge in [0.2, 0.25) is 5.91 Å². The minimum absolute atomic E-state index is 0.228.